The van der Waals surface area contributed by atoms with Crippen LogP contribution in [0.25, 0.3) is 22.6 Å². The first-order valence-corrected chi connectivity index (χ1v) is 13.8. The van der Waals surface area contributed by atoms with Gasteiger partial charge in [-0.3, -0.25) is 9.36 Å². The van der Waals surface area contributed by atoms with Gasteiger partial charge in [-0.15, -0.1) is 0 Å². The molecule has 1 fully saturated rings. The van der Waals surface area contributed by atoms with Gasteiger partial charge in [-0.1, -0.05) is 28.1 Å². The van der Waals surface area contributed by atoms with E-state index in [9.17, 15) is 9.18 Å². The van der Waals surface area contributed by atoms with E-state index in [1.54, 1.807) is 18.2 Å². The second-order valence-electron chi connectivity index (χ2n) is 9.65. The molecule has 1 unspecified atom stereocenters. The molecule has 10 heteroatoms. The van der Waals surface area contributed by atoms with Gasteiger partial charge in [0.2, 0.25) is 0 Å². The van der Waals surface area contributed by atoms with E-state index in [1.165, 1.54) is 18.5 Å². The Morgan fingerprint density at radius 1 is 1.05 bits per heavy atom. The third-order valence-electron chi connectivity index (χ3n) is 6.83. The van der Waals surface area contributed by atoms with Crippen LogP contribution in [0.2, 0.25) is 0 Å². The number of hydrogen-bond donors (Lipinski definition) is 2. The number of benzene rings is 3. The minimum atomic E-state index is -0.318. The van der Waals surface area contributed by atoms with Crippen molar-refractivity contribution < 1.29 is 13.9 Å². The molecule has 1 aliphatic heterocycles. The number of rotatable bonds is 6. The fourth-order valence-corrected chi connectivity index (χ4v) is 5.05. The summed E-state index contributed by atoms with van der Waals surface area (Å²) in [7, 11) is 0. The molecular weight excluding hydrogens is 575 g/mol. The molecule has 0 saturated carbocycles. The number of hydrogen-bond acceptors (Lipinski definition) is 6. The molecule has 1 amide bonds. The van der Waals surface area contributed by atoms with Gasteiger partial charge < -0.3 is 15.4 Å². The highest BCUT2D eigenvalue weighted by Crippen LogP contribution is 2.35. The summed E-state index contributed by atoms with van der Waals surface area (Å²) in [4.78, 5) is 27.0. The van der Waals surface area contributed by atoms with Crippen molar-refractivity contribution in [2.24, 2.45) is 0 Å². The Balaban J connectivity index is 1.39. The molecule has 0 bridgehead atoms. The number of halogens is 2. The van der Waals surface area contributed by atoms with Gasteiger partial charge in [-0.05, 0) is 86.3 Å². The maximum absolute atomic E-state index is 13.5. The van der Waals surface area contributed by atoms with Crippen molar-refractivity contribution in [3.05, 3.63) is 94.5 Å². The van der Waals surface area contributed by atoms with Gasteiger partial charge in [0.05, 0.1) is 0 Å². The van der Waals surface area contributed by atoms with E-state index >= 15 is 0 Å². The lowest BCUT2D eigenvalue weighted by Gasteiger charge is -2.25. The zero-order valence-electron chi connectivity index (χ0n) is 21.7. The first kappa shape index (κ1) is 26.1. The van der Waals surface area contributed by atoms with Crippen LogP contribution in [0.15, 0.2) is 77.5 Å². The molecule has 2 N–H and O–H groups in total. The van der Waals surface area contributed by atoms with Crippen molar-refractivity contribution in [2.45, 2.75) is 32.4 Å². The maximum Gasteiger partial charge on any atom is 0.255 e. The molecule has 1 atom stereocenters. The quantitative estimate of drug-likeness (QED) is 0.211. The first-order valence-electron chi connectivity index (χ1n) is 13.0. The molecule has 1 aliphatic rings. The highest BCUT2D eigenvalue weighted by molar-refractivity contribution is 9.10. The van der Waals surface area contributed by atoms with Crippen LogP contribution in [0, 0.1) is 12.7 Å². The average Bonchev–Trinajstić information content (AvgIpc) is 3.37. The number of carbonyl (C=O) groups is 1. The summed E-state index contributed by atoms with van der Waals surface area (Å²) >= 11 is 3.48. The summed E-state index contributed by atoms with van der Waals surface area (Å²) in [6, 6.07) is 19.1. The molecule has 8 nitrogen and oxygen atoms in total. The van der Waals surface area contributed by atoms with E-state index in [0.717, 1.165) is 34.9 Å². The number of amides is 1. The Bertz CT molecular complexity index is 1700. The van der Waals surface area contributed by atoms with Crippen molar-refractivity contribution >= 4 is 50.2 Å². The molecule has 2 aromatic heterocycles. The van der Waals surface area contributed by atoms with Gasteiger partial charge in [0.1, 0.15) is 24.2 Å². The summed E-state index contributed by atoms with van der Waals surface area (Å²) < 4.78 is 22.6. The minimum Gasteiger partial charge on any atom is -0.358 e. The van der Waals surface area contributed by atoms with Crippen molar-refractivity contribution in [2.75, 3.05) is 17.2 Å². The number of carbonyl (C=O) groups excluding carboxylic acids is 1. The summed E-state index contributed by atoms with van der Waals surface area (Å²) in [6.07, 6.45) is 4.09. The Morgan fingerprint density at radius 3 is 2.67 bits per heavy atom. The summed E-state index contributed by atoms with van der Waals surface area (Å²) in [5.41, 5.74) is 4.86. The number of ether oxygens (including phenoxy) is 1. The molecule has 3 heterocycles. The predicted molar refractivity (Wildman–Crippen MR) is 156 cm³/mol. The van der Waals surface area contributed by atoms with E-state index in [0.29, 0.717) is 46.4 Å². The third kappa shape index (κ3) is 5.32. The van der Waals surface area contributed by atoms with Gasteiger partial charge in [-0.2, -0.15) is 0 Å². The highest BCUT2D eigenvalue weighted by Gasteiger charge is 2.25. The molecule has 0 spiro atoms. The molecule has 3 aromatic carbocycles. The van der Waals surface area contributed by atoms with Crippen molar-refractivity contribution in [3.8, 4) is 11.4 Å². The number of aryl methyl sites for hydroxylation is 1. The van der Waals surface area contributed by atoms with Crippen LogP contribution in [0.5, 0.6) is 0 Å². The zero-order chi connectivity index (χ0) is 27.6. The lowest BCUT2D eigenvalue weighted by Crippen LogP contribution is -2.19. The highest BCUT2D eigenvalue weighted by atomic mass is 79.9. The van der Waals surface area contributed by atoms with Gasteiger partial charge in [0.25, 0.3) is 5.91 Å². The minimum absolute atomic E-state index is 0.200. The van der Waals surface area contributed by atoms with Crippen LogP contribution < -0.4 is 10.6 Å². The van der Waals surface area contributed by atoms with E-state index in [4.69, 9.17) is 9.72 Å². The number of anilines is 3. The van der Waals surface area contributed by atoms with Crippen LogP contribution in [0.4, 0.5) is 21.6 Å². The molecular formula is C30H26BrFN6O2. The lowest BCUT2D eigenvalue weighted by molar-refractivity contribution is -0.0287. The second-order valence-corrected chi connectivity index (χ2v) is 10.5. The van der Waals surface area contributed by atoms with Crippen LogP contribution in [-0.2, 0) is 4.74 Å². The van der Waals surface area contributed by atoms with Gasteiger partial charge in [0.15, 0.2) is 17.0 Å². The number of nitrogens with one attached hydrogen (secondary N) is 2. The van der Waals surface area contributed by atoms with Gasteiger partial charge in [0, 0.05) is 33.6 Å². The molecule has 0 radical (unpaired) electrons. The SMILES string of the molecule is Cc1cc(C(=O)Nc2cccc(-c3nc4c(Nc5ccc(F)cc5)ncnc4n3C3CCCCO3)c2)ccc1Br. The van der Waals surface area contributed by atoms with E-state index in [1.807, 2.05) is 47.9 Å². The van der Waals surface area contributed by atoms with Crippen molar-refractivity contribution in [3.63, 3.8) is 0 Å². The predicted octanol–water partition coefficient (Wildman–Crippen LogP) is 7.40. The van der Waals surface area contributed by atoms with E-state index in [2.05, 4.69) is 36.5 Å². The maximum atomic E-state index is 13.5. The standard InChI is InChI=1S/C30H26BrFN6O2/c1-18-15-20(8-13-24(18)31)30(39)36-23-6-4-5-19(16-23)28-37-26-27(35-22-11-9-21(32)10-12-22)33-17-34-29(26)38(28)25-7-2-3-14-40-25/h4-6,8-13,15-17,25H,2-3,7,14H2,1H3,(H,36,39)(H,33,34,35). The fourth-order valence-electron chi connectivity index (χ4n) is 4.80. The third-order valence-corrected chi connectivity index (χ3v) is 7.72. The first-order chi connectivity index (χ1) is 19.5. The topological polar surface area (TPSA) is 94.0 Å². The van der Waals surface area contributed by atoms with Crippen LogP contribution in [0.3, 0.4) is 0 Å². The number of fused-ring (bicyclic) bond motifs is 1. The average molecular weight is 601 g/mol. The Labute approximate surface area is 238 Å². The summed E-state index contributed by atoms with van der Waals surface area (Å²) in [5.74, 6) is 0.637. The van der Waals surface area contributed by atoms with E-state index < -0.39 is 0 Å². The second kappa shape index (κ2) is 11.1. The van der Waals surface area contributed by atoms with Crippen LogP contribution >= 0.6 is 15.9 Å². The monoisotopic (exact) mass is 600 g/mol. The lowest BCUT2D eigenvalue weighted by atomic mass is 10.1. The number of imidazole rings is 1. The smallest absolute Gasteiger partial charge is 0.255 e. The molecule has 40 heavy (non-hydrogen) atoms. The number of aromatic nitrogens is 4. The Morgan fingerprint density at radius 2 is 1.90 bits per heavy atom. The molecule has 0 aliphatic carbocycles. The van der Waals surface area contributed by atoms with Crippen molar-refractivity contribution in [1.82, 2.24) is 19.5 Å². The fraction of sp³-hybridized carbons (Fsp3) is 0.200. The normalized spacial score (nSPS) is 15.2. The zero-order valence-corrected chi connectivity index (χ0v) is 23.3. The number of nitrogens with zero attached hydrogens (tertiary/aromatic N) is 4. The largest absolute Gasteiger partial charge is 0.358 e. The van der Waals surface area contributed by atoms with E-state index in [-0.39, 0.29) is 18.0 Å². The molecule has 6 rings (SSSR count). The summed E-state index contributed by atoms with van der Waals surface area (Å²) in [5, 5.41) is 6.24. The molecule has 5 aromatic rings. The van der Waals surface area contributed by atoms with Crippen LogP contribution in [-0.4, -0.2) is 32.0 Å². The Kier molecular flexibility index (Phi) is 7.27. The van der Waals surface area contributed by atoms with Crippen LogP contribution in [0.1, 0.15) is 41.4 Å². The Hall–Kier alpha value is -4.15. The van der Waals surface area contributed by atoms with Gasteiger partial charge in [-0.25, -0.2) is 19.3 Å². The van der Waals surface area contributed by atoms with Gasteiger partial charge >= 0.3 is 0 Å². The summed E-state index contributed by atoms with van der Waals surface area (Å²) in [6.45, 7) is 2.60. The molecule has 1 saturated heterocycles. The van der Waals surface area contributed by atoms with Crippen molar-refractivity contribution in [1.29, 1.82) is 0 Å². The molecule has 202 valence electrons.